The van der Waals surface area contributed by atoms with Gasteiger partial charge in [0.1, 0.15) is 34.4 Å². The lowest BCUT2D eigenvalue weighted by Gasteiger charge is -2.36. The van der Waals surface area contributed by atoms with Gasteiger partial charge in [0.15, 0.2) is 17.2 Å². The minimum Gasteiger partial charge on any atom is -0.481 e. The Morgan fingerprint density at radius 1 is 0.897 bits per heavy atom. The van der Waals surface area contributed by atoms with Crippen molar-refractivity contribution in [3.8, 4) is 23.0 Å². The molecule has 2 aliphatic heterocycles. The summed E-state index contributed by atoms with van der Waals surface area (Å²) in [6.45, 7) is 2.31. The monoisotopic (exact) mass is 560 g/mol. The van der Waals surface area contributed by atoms with Crippen molar-refractivity contribution in [1.82, 2.24) is 0 Å². The van der Waals surface area contributed by atoms with Crippen molar-refractivity contribution in [2.75, 3.05) is 5.75 Å². The van der Waals surface area contributed by atoms with Crippen LogP contribution in [0.4, 0.5) is 13.2 Å². The van der Waals surface area contributed by atoms with Crippen LogP contribution in [-0.2, 0) is 24.7 Å². The van der Waals surface area contributed by atoms with Gasteiger partial charge in [-0.25, -0.2) is 18.0 Å². The second-order valence-electron chi connectivity index (χ2n) is 8.38. The van der Waals surface area contributed by atoms with E-state index in [0.29, 0.717) is 0 Å². The van der Waals surface area contributed by atoms with Crippen LogP contribution in [0.1, 0.15) is 40.9 Å². The molecule has 39 heavy (non-hydrogen) atoms. The Morgan fingerprint density at radius 2 is 1.44 bits per heavy atom. The average Bonchev–Trinajstić information content (AvgIpc) is 3.15. The van der Waals surface area contributed by atoms with Gasteiger partial charge in [0.2, 0.25) is 0 Å². The van der Waals surface area contributed by atoms with Crippen LogP contribution in [0.5, 0.6) is 23.0 Å². The van der Waals surface area contributed by atoms with Crippen molar-refractivity contribution < 1.29 is 56.4 Å². The predicted octanol–water partition coefficient (Wildman–Crippen LogP) is 4.70. The number of carbonyl (C=O) groups excluding carboxylic acids is 3. The summed E-state index contributed by atoms with van der Waals surface area (Å²) in [4.78, 5) is 46.1. The molecule has 5 rings (SSSR count). The van der Waals surface area contributed by atoms with Crippen molar-refractivity contribution in [2.45, 2.75) is 24.3 Å². The molecule has 0 unspecified atom stereocenters. The number of carboxylic acid groups (broad SMARTS) is 1. The fraction of sp³-hybridized carbons (Fsp3) is 0.154. The summed E-state index contributed by atoms with van der Waals surface area (Å²) in [5.41, 5.74) is -4.02. The smallest absolute Gasteiger partial charge is 0.343 e. The van der Waals surface area contributed by atoms with E-state index in [2.05, 4.69) is 0 Å². The normalized spacial score (nSPS) is 14.0. The lowest BCUT2D eigenvalue weighted by molar-refractivity contribution is -0.134. The standard InChI is InChI=1S/C26H15F3O9S/c1-10(30)35-12-3-5-14-16(7-12)37-17-8-13(36-11(2)31)4-6-15(17)26(14)20-19(25(34)38-26)21(27)23(29)24(22(20)28)39-9-18(32)33/h3-8H,9H2,1-2H3,(H,32,33). The summed E-state index contributed by atoms with van der Waals surface area (Å²) < 4.78 is 68.0. The topological polar surface area (TPSA) is 125 Å². The molecule has 0 saturated heterocycles. The third-order valence-corrected chi connectivity index (χ3v) is 6.87. The minimum atomic E-state index is -2.24. The summed E-state index contributed by atoms with van der Waals surface area (Å²) in [7, 11) is 0. The van der Waals surface area contributed by atoms with E-state index in [1.165, 1.54) is 36.4 Å². The third-order valence-electron chi connectivity index (χ3n) is 5.83. The summed E-state index contributed by atoms with van der Waals surface area (Å²) in [5.74, 6) is -10.0. The molecule has 0 atom stereocenters. The van der Waals surface area contributed by atoms with Gasteiger partial charge < -0.3 is 24.1 Å². The van der Waals surface area contributed by atoms with Crippen molar-refractivity contribution in [1.29, 1.82) is 0 Å². The van der Waals surface area contributed by atoms with Gasteiger partial charge in [0.25, 0.3) is 0 Å². The Kier molecular flexibility index (Phi) is 6.25. The summed E-state index contributed by atoms with van der Waals surface area (Å²) in [6, 6.07) is 7.67. The SMILES string of the molecule is CC(=O)Oc1ccc2c(c1)Oc1cc(OC(C)=O)ccc1C21OC(=O)c2c(F)c(F)c(SCC(=O)O)c(F)c21. The van der Waals surface area contributed by atoms with Gasteiger partial charge in [-0.15, -0.1) is 11.8 Å². The number of aliphatic carboxylic acids is 1. The maximum atomic E-state index is 16.1. The largest absolute Gasteiger partial charge is 0.481 e. The maximum absolute atomic E-state index is 16.1. The average molecular weight is 560 g/mol. The van der Waals surface area contributed by atoms with Crippen LogP contribution in [0.25, 0.3) is 0 Å². The van der Waals surface area contributed by atoms with Crippen LogP contribution in [0, 0.1) is 17.5 Å². The van der Waals surface area contributed by atoms with E-state index in [-0.39, 0.29) is 45.9 Å². The van der Waals surface area contributed by atoms with Crippen LogP contribution in [-0.4, -0.2) is 34.7 Å². The van der Waals surface area contributed by atoms with Crippen LogP contribution in [0.3, 0.4) is 0 Å². The predicted molar refractivity (Wildman–Crippen MR) is 126 cm³/mol. The van der Waals surface area contributed by atoms with Crippen molar-refractivity contribution >= 4 is 35.6 Å². The van der Waals surface area contributed by atoms with E-state index < -0.39 is 68.7 Å². The molecule has 1 N–H and O–H groups in total. The van der Waals surface area contributed by atoms with Gasteiger partial charge in [-0.1, -0.05) is 0 Å². The molecule has 1 spiro atoms. The highest BCUT2D eigenvalue weighted by molar-refractivity contribution is 8.00. The fourth-order valence-electron chi connectivity index (χ4n) is 4.52. The second kappa shape index (κ2) is 9.34. The number of esters is 3. The van der Waals surface area contributed by atoms with E-state index in [4.69, 9.17) is 24.1 Å². The lowest BCUT2D eigenvalue weighted by atomic mass is 9.77. The van der Waals surface area contributed by atoms with Crippen molar-refractivity contribution in [3.63, 3.8) is 0 Å². The molecular weight excluding hydrogens is 545 g/mol. The molecule has 2 heterocycles. The number of carbonyl (C=O) groups is 4. The highest BCUT2D eigenvalue weighted by Gasteiger charge is 2.57. The molecule has 3 aromatic carbocycles. The molecular formula is C26H15F3O9S. The van der Waals surface area contributed by atoms with Gasteiger partial charge in [-0.3, -0.25) is 14.4 Å². The fourth-order valence-corrected chi connectivity index (χ4v) is 5.23. The number of hydrogen-bond acceptors (Lipinski definition) is 9. The second-order valence-corrected chi connectivity index (χ2v) is 9.37. The first kappa shape index (κ1) is 26.1. The van der Waals surface area contributed by atoms with E-state index >= 15 is 8.78 Å². The number of ether oxygens (including phenoxy) is 4. The number of halogens is 3. The third kappa shape index (κ3) is 4.14. The number of fused-ring (bicyclic) bond motifs is 6. The van der Waals surface area contributed by atoms with E-state index in [9.17, 15) is 23.6 Å². The quantitative estimate of drug-likeness (QED) is 0.203. The van der Waals surface area contributed by atoms with Crippen molar-refractivity contribution in [2.24, 2.45) is 0 Å². The number of benzene rings is 3. The first-order valence-electron chi connectivity index (χ1n) is 11.1. The molecule has 0 radical (unpaired) electrons. The molecule has 0 saturated carbocycles. The highest BCUT2D eigenvalue weighted by atomic mass is 32.2. The first-order valence-corrected chi connectivity index (χ1v) is 12.0. The van der Waals surface area contributed by atoms with Gasteiger partial charge in [0.05, 0.1) is 16.2 Å². The molecule has 0 fully saturated rings. The van der Waals surface area contributed by atoms with Gasteiger partial charge in [-0.05, 0) is 24.3 Å². The zero-order valence-electron chi connectivity index (χ0n) is 19.9. The van der Waals surface area contributed by atoms with Gasteiger partial charge in [-0.2, -0.15) is 0 Å². The van der Waals surface area contributed by atoms with Gasteiger partial charge >= 0.3 is 23.9 Å². The van der Waals surface area contributed by atoms with E-state index in [1.54, 1.807) is 0 Å². The molecule has 13 heteroatoms. The Bertz CT molecular complexity index is 1550. The molecule has 0 aromatic heterocycles. The van der Waals surface area contributed by atoms with Crippen LogP contribution in [0.15, 0.2) is 41.3 Å². The Hall–Kier alpha value is -4.52. The molecule has 200 valence electrons. The van der Waals surface area contributed by atoms with Crippen LogP contribution < -0.4 is 14.2 Å². The molecule has 0 bridgehead atoms. The summed E-state index contributed by atoms with van der Waals surface area (Å²) >= 11 is 0.189. The summed E-state index contributed by atoms with van der Waals surface area (Å²) in [6.07, 6.45) is 0. The maximum Gasteiger partial charge on any atom is 0.343 e. The molecule has 0 amide bonds. The highest BCUT2D eigenvalue weighted by Crippen LogP contribution is 2.58. The van der Waals surface area contributed by atoms with Crippen LogP contribution in [0.2, 0.25) is 0 Å². The number of thioether (sulfide) groups is 1. The number of rotatable bonds is 5. The van der Waals surface area contributed by atoms with E-state index in [1.807, 2.05) is 0 Å². The van der Waals surface area contributed by atoms with E-state index in [0.717, 1.165) is 13.8 Å². The molecule has 3 aromatic rings. The number of hydrogen-bond donors (Lipinski definition) is 1. The lowest BCUT2D eigenvalue weighted by Crippen LogP contribution is -2.34. The van der Waals surface area contributed by atoms with Crippen LogP contribution >= 0.6 is 11.8 Å². The summed E-state index contributed by atoms with van der Waals surface area (Å²) in [5, 5.41) is 9.01. The number of carboxylic acids is 1. The molecule has 9 nitrogen and oxygen atoms in total. The zero-order valence-corrected chi connectivity index (χ0v) is 20.7. The Morgan fingerprint density at radius 3 is 1.92 bits per heavy atom. The Labute approximate surface area is 221 Å². The Balaban J connectivity index is 1.83. The van der Waals surface area contributed by atoms with Crippen molar-refractivity contribution in [3.05, 3.63) is 76.1 Å². The first-order chi connectivity index (χ1) is 18.4. The van der Waals surface area contributed by atoms with Gasteiger partial charge in [0, 0.05) is 37.1 Å². The molecule has 0 aliphatic carbocycles. The minimum absolute atomic E-state index is 0.00370. The zero-order chi connectivity index (χ0) is 28.2. The molecule has 2 aliphatic rings.